The molecule has 0 aliphatic heterocycles. The molecule has 0 saturated carbocycles. The van der Waals surface area contributed by atoms with Gasteiger partial charge in [-0.15, -0.1) is 0 Å². The SMILES string of the molecule is O=S(=O)(O)c1cc(O)c2ccc(NCc3ccccc3Br)cc2c1. The average molecular weight is 408 g/mol. The van der Waals surface area contributed by atoms with Gasteiger partial charge in [-0.25, -0.2) is 0 Å². The summed E-state index contributed by atoms with van der Waals surface area (Å²) in [4.78, 5) is -0.338. The third-order valence-electron chi connectivity index (χ3n) is 3.64. The van der Waals surface area contributed by atoms with Crippen molar-refractivity contribution in [2.75, 3.05) is 5.32 Å². The van der Waals surface area contributed by atoms with Gasteiger partial charge in [-0.1, -0.05) is 34.1 Å². The summed E-state index contributed by atoms with van der Waals surface area (Å²) in [5, 5.41) is 14.2. The number of phenols is 1. The first-order valence-corrected chi connectivity index (χ1v) is 9.29. The molecule has 0 amide bonds. The molecule has 24 heavy (non-hydrogen) atoms. The van der Waals surface area contributed by atoms with Crippen LogP contribution in [0, 0.1) is 0 Å². The van der Waals surface area contributed by atoms with Crippen molar-refractivity contribution in [2.45, 2.75) is 11.4 Å². The van der Waals surface area contributed by atoms with Crippen molar-refractivity contribution in [1.29, 1.82) is 0 Å². The van der Waals surface area contributed by atoms with Gasteiger partial charge < -0.3 is 10.4 Å². The van der Waals surface area contributed by atoms with E-state index in [1.165, 1.54) is 6.07 Å². The molecule has 3 rings (SSSR count). The Morgan fingerprint density at radius 2 is 1.79 bits per heavy atom. The van der Waals surface area contributed by atoms with Crippen molar-refractivity contribution in [1.82, 2.24) is 0 Å². The minimum absolute atomic E-state index is 0.197. The molecule has 0 radical (unpaired) electrons. The second-order valence-corrected chi connectivity index (χ2v) is 7.57. The number of halogens is 1. The molecule has 3 aromatic rings. The lowest BCUT2D eigenvalue weighted by Gasteiger charge is -2.10. The average Bonchev–Trinajstić information content (AvgIpc) is 2.53. The largest absolute Gasteiger partial charge is 0.507 e. The first kappa shape index (κ1) is 16.8. The van der Waals surface area contributed by atoms with Gasteiger partial charge in [-0.2, -0.15) is 8.42 Å². The summed E-state index contributed by atoms with van der Waals surface area (Å²) < 4.78 is 32.7. The summed E-state index contributed by atoms with van der Waals surface area (Å²) in [6.07, 6.45) is 0. The van der Waals surface area contributed by atoms with Crippen LogP contribution in [0.25, 0.3) is 10.8 Å². The topological polar surface area (TPSA) is 86.6 Å². The number of phenolic OH excluding ortho intramolecular Hbond substituents is 1. The number of anilines is 1. The number of rotatable bonds is 4. The predicted molar refractivity (Wildman–Crippen MR) is 96.9 cm³/mol. The molecule has 0 spiro atoms. The van der Waals surface area contributed by atoms with Crippen LogP contribution in [0.1, 0.15) is 5.56 Å². The van der Waals surface area contributed by atoms with E-state index < -0.39 is 10.1 Å². The van der Waals surface area contributed by atoms with Gasteiger partial charge in [0.2, 0.25) is 0 Å². The second-order valence-electron chi connectivity index (χ2n) is 5.30. The Balaban J connectivity index is 1.94. The van der Waals surface area contributed by atoms with Gasteiger partial charge in [0.25, 0.3) is 10.1 Å². The highest BCUT2D eigenvalue weighted by molar-refractivity contribution is 9.10. The van der Waals surface area contributed by atoms with Crippen molar-refractivity contribution in [3.8, 4) is 5.75 Å². The Hall–Kier alpha value is -2.09. The predicted octanol–water partition coefficient (Wildman–Crippen LogP) is 4.17. The van der Waals surface area contributed by atoms with Crippen LogP contribution < -0.4 is 5.32 Å². The van der Waals surface area contributed by atoms with Crippen molar-refractivity contribution in [2.24, 2.45) is 0 Å². The van der Waals surface area contributed by atoms with Gasteiger partial charge in [-0.3, -0.25) is 4.55 Å². The van der Waals surface area contributed by atoms with Crippen LogP contribution in [-0.2, 0) is 16.7 Å². The van der Waals surface area contributed by atoms with Crippen LogP contribution in [0.15, 0.2) is 64.0 Å². The van der Waals surface area contributed by atoms with E-state index >= 15 is 0 Å². The smallest absolute Gasteiger partial charge is 0.294 e. The highest BCUT2D eigenvalue weighted by atomic mass is 79.9. The molecule has 3 N–H and O–H groups in total. The fourth-order valence-electron chi connectivity index (χ4n) is 2.42. The quantitative estimate of drug-likeness (QED) is 0.565. The fraction of sp³-hybridized carbons (Fsp3) is 0.0588. The van der Waals surface area contributed by atoms with Crippen LogP contribution in [0.4, 0.5) is 5.69 Å². The molecule has 124 valence electrons. The van der Waals surface area contributed by atoms with Crippen molar-refractivity contribution >= 4 is 42.5 Å². The van der Waals surface area contributed by atoms with Gasteiger partial charge in [-0.05, 0) is 41.3 Å². The number of benzene rings is 3. The molecular formula is C17H14BrNO4S. The Kier molecular flexibility index (Phi) is 4.49. The van der Waals surface area contributed by atoms with E-state index in [1.54, 1.807) is 18.2 Å². The third-order valence-corrected chi connectivity index (χ3v) is 5.25. The van der Waals surface area contributed by atoms with Crippen LogP contribution in [0.5, 0.6) is 5.75 Å². The molecule has 0 aliphatic rings. The highest BCUT2D eigenvalue weighted by Gasteiger charge is 2.13. The molecule has 7 heteroatoms. The van der Waals surface area contributed by atoms with Crippen LogP contribution in [-0.4, -0.2) is 18.1 Å². The minimum Gasteiger partial charge on any atom is -0.507 e. The van der Waals surface area contributed by atoms with E-state index in [1.807, 2.05) is 24.3 Å². The lowest BCUT2D eigenvalue weighted by molar-refractivity contribution is 0.471. The van der Waals surface area contributed by atoms with E-state index in [9.17, 15) is 13.5 Å². The van der Waals surface area contributed by atoms with Crippen LogP contribution in [0.3, 0.4) is 0 Å². The lowest BCUT2D eigenvalue weighted by atomic mass is 10.1. The molecule has 0 saturated heterocycles. The molecule has 5 nitrogen and oxygen atoms in total. The standard InChI is InChI=1S/C17H14BrNO4S/c18-16-4-2-1-3-11(16)10-19-13-5-6-15-12(7-13)8-14(9-17(15)20)24(21,22)23/h1-9,19-20H,10H2,(H,21,22,23). The Morgan fingerprint density at radius 1 is 1.04 bits per heavy atom. The zero-order valence-corrected chi connectivity index (χ0v) is 14.8. The molecule has 0 heterocycles. The molecule has 0 fully saturated rings. The van der Waals surface area contributed by atoms with E-state index in [0.29, 0.717) is 17.3 Å². The number of nitrogens with one attached hydrogen (secondary N) is 1. The van der Waals surface area contributed by atoms with Gasteiger partial charge in [0.05, 0.1) is 4.90 Å². The maximum atomic E-state index is 11.3. The van der Waals surface area contributed by atoms with Crippen LogP contribution in [0.2, 0.25) is 0 Å². The summed E-state index contributed by atoms with van der Waals surface area (Å²) in [5.41, 5.74) is 1.84. The summed E-state index contributed by atoms with van der Waals surface area (Å²) in [6.45, 7) is 0.580. The van der Waals surface area contributed by atoms with E-state index in [0.717, 1.165) is 21.8 Å². The summed E-state index contributed by atoms with van der Waals surface area (Å²) >= 11 is 3.48. The molecule has 0 aromatic heterocycles. The molecule has 0 unspecified atom stereocenters. The van der Waals surface area contributed by atoms with E-state index in [2.05, 4.69) is 21.2 Å². The monoisotopic (exact) mass is 407 g/mol. The number of hydrogen-bond acceptors (Lipinski definition) is 4. The molecule has 0 bridgehead atoms. The first-order chi connectivity index (χ1) is 11.3. The second kappa shape index (κ2) is 6.43. The van der Waals surface area contributed by atoms with Crippen molar-refractivity contribution in [3.63, 3.8) is 0 Å². The van der Waals surface area contributed by atoms with Gasteiger partial charge >= 0.3 is 0 Å². The summed E-state index contributed by atoms with van der Waals surface area (Å²) in [5.74, 6) is -0.197. The third kappa shape index (κ3) is 3.53. The highest BCUT2D eigenvalue weighted by Crippen LogP contribution is 2.31. The number of aromatic hydroxyl groups is 1. The maximum Gasteiger partial charge on any atom is 0.294 e. The molecule has 3 aromatic carbocycles. The zero-order chi connectivity index (χ0) is 17.3. The minimum atomic E-state index is -4.38. The number of fused-ring (bicyclic) bond motifs is 1. The van der Waals surface area contributed by atoms with Gasteiger partial charge in [0, 0.05) is 28.2 Å². The Labute approximate surface area is 147 Å². The Morgan fingerprint density at radius 3 is 2.50 bits per heavy atom. The van der Waals surface area contributed by atoms with Crippen LogP contribution >= 0.6 is 15.9 Å². The summed E-state index contributed by atoms with van der Waals surface area (Å²) in [7, 11) is -4.38. The molecule has 0 atom stereocenters. The first-order valence-electron chi connectivity index (χ1n) is 7.06. The van der Waals surface area contributed by atoms with Gasteiger partial charge in [0.1, 0.15) is 5.75 Å². The van der Waals surface area contributed by atoms with E-state index in [-0.39, 0.29) is 10.6 Å². The van der Waals surface area contributed by atoms with Crippen molar-refractivity contribution < 1.29 is 18.1 Å². The van der Waals surface area contributed by atoms with Crippen molar-refractivity contribution in [3.05, 3.63) is 64.6 Å². The Bertz CT molecular complexity index is 1020. The number of hydrogen-bond donors (Lipinski definition) is 3. The fourth-order valence-corrected chi connectivity index (χ4v) is 3.38. The lowest BCUT2D eigenvalue weighted by Crippen LogP contribution is -2.00. The maximum absolute atomic E-state index is 11.3. The summed E-state index contributed by atoms with van der Waals surface area (Å²) in [6, 6.07) is 15.4. The zero-order valence-electron chi connectivity index (χ0n) is 12.4. The molecule has 0 aliphatic carbocycles. The van der Waals surface area contributed by atoms with E-state index in [4.69, 9.17) is 4.55 Å². The van der Waals surface area contributed by atoms with Gasteiger partial charge in [0.15, 0.2) is 0 Å². The normalized spacial score (nSPS) is 11.6. The molecular weight excluding hydrogens is 394 g/mol.